The van der Waals surface area contributed by atoms with Gasteiger partial charge in [0, 0.05) is 11.1 Å². The SMILES string of the molecule is O=C(Nc1ccccc1)c1oc2ccccc2c1NC(=O)C12CC3CC(CC(C3)C1)C2. The highest BCUT2D eigenvalue weighted by Crippen LogP contribution is 2.60. The molecule has 0 atom stereocenters. The number of para-hydroxylation sites is 2. The van der Waals surface area contributed by atoms with Gasteiger partial charge in [0.15, 0.2) is 0 Å². The summed E-state index contributed by atoms with van der Waals surface area (Å²) in [6, 6.07) is 16.8. The highest BCUT2D eigenvalue weighted by molar-refractivity contribution is 6.15. The Morgan fingerprint density at radius 1 is 0.806 bits per heavy atom. The van der Waals surface area contributed by atoms with Gasteiger partial charge in [0.1, 0.15) is 11.3 Å². The first kappa shape index (κ1) is 18.7. The third-order valence-corrected chi connectivity index (χ3v) is 7.59. The number of carbonyl (C=O) groups is 2. The van der Waals surface area contributed by atoms with Gasteiger partial charge in [0.05, 0.1) is 5.41 Å². The van der Waals surface area contributed by atoms with Crippen molar-refractivity contribution in [1.82, 2.24) is 0 Å². The Kier molecular flexibility index (Phi) is 4.20. The van der Waals surface area contributed by atoms with E-state index in [1.807, 2.05) is 54.6 Å². The van der Waals surface area contributed by atoms with E-state index in [1.54, 1.807) is 0 Å². The number of carbonyl (C=O) groups excluding carboxylic acids is 2. The Labute approximate surface area is 181 Å². The molecule has 31 heavy (non-hydrogen) atoms. The number of benzene rings is 2. The molecule has 0 aliphatic heterocycles. The lowest BCUT2D eigenvalue weighted by molar-refractivity contribution is -0.140. The molecule has 5 heteroatoms. The van der Waals surface area contributed by atoms with E-state index < -0.39 is 0 Å². The molecule has 7 rings (SSSR count). The smallest absolute Gasteiger partial charge is 0.293 e. The van der Waals surface area contributed by atoms with E-state index in [9.17, 15) is 9.59 Å². The summed E-state index contributed by atoms with van der Waals surface area (Å²) in [6.07, 6.45) is 6.79. The van der Waals surface area contributed by atoms with Crippen LogP contribution in [0.2, 0.25) is 0 Å². The van der Waals surface area contributed by atoms with Crippen LogP contribution in [0.5, 0.6) is 0 Å². The quantitative estimate of drug-likeness (QED) is 0.563. The normalized spacial score (nSPS) is 28.6. The Hall–Kier alpha value is -3.08. The highest BCUT2D eigenvalue weighted by Gasteiger charge is 2.54. The van der Waals surface area contributed by atoms with Gasteiger partial charge in [-0.15, -0.1) is 0 Å². The number of anilines is 2. The molecule has 4 fully saturated rings. The molecule has 0 spiro atoms. The monoisotopic (exact) mass is 414 g/mol. The number of nitrogens with one attached hydrogen (secondary N) is 2. The molecule has 1 aromatic heterocycles. The summed E-state index contributed by atoms with van der Waals surface area (Å²) < 4.78 is 5.93. The van der Waals surface area contributed by atoms with Crippen LogP contribution in [0.1, 0.15) is 49.1 Å². The first-order valence-electron chi connectivity index (χ1n) is 11.3. The maximum atomic E-state index is 13.7. The molecule has 4 aliphatic rings. The van der Waals surface area contributed by atoms with Gasteiger partial charge in [0.25, 0.3) is 5.91 Å². The van der Waals surface area contributed by atoms with Crippen molar-refractivity contribution in [2.75, 3.05) is 10.6 Å². The predicted molar refractivity (Wildman–Crippen MR) is 120 cm³/mol. The fourth-order valence-electron chi connectivity index (χ4n) is 6.67. The van der Waals surface area contributed by atoms with Gasteiger partial charge >= 0.3 is 0 Å². The van der Waals surface area contributed by atoms with E-state index in [0.29, 0.717) is 34.7 Å². The average Bonchev–Trinajstić information content (AvgIpc) is 3.12. The van der Waals surface area contributed by atoms with E-state index in [0.717, 1.165) is 24.6 Å². The lowest BCUT2D eigenvalue weighted by atomic mass is 9.49. The molecular weight excluding hydrogens is 388 g/mol. The first-order chi connectivity index (χ1) is 15.1. The minimum atomic E-state index is -0.358. The molecule has 1 heterocycles. The van der Waals surface area contributed by atoms with Gasteiger partial charge in [-0.2, -0.15) is 0 Å². The molecule has 2 aromatic carbocycles. The molecular formula is C26H26N2O3. The van der Waals surface area contributed by atoms with Crippen molar-refractivity contribution in [2.45, 2.75) is 38.5 Å². The fourth-order valence-corrected chi connectivity index (χ4v) is 6.67. The van der Waals surface area contributed by atoms with E-state index in [2.05, 4.69) is 10.6 Å². The fraction of sp³-hybridized carbons (Fsp3) is 0.385. The summed E-state index contributed by atoms with van der Waals surface area (Å²) in [5.74, 6) is 1.90. The summed E-state index contributed by atoms with van der Waals surface area (Å²) in [5, 5.41) is 6.81. The number of hydrogen-bond donors (Lipinski definition) is 2. The summed E-state index contributed by atoms with van der Waals surface area (Å²) in [6.45, 7) is 0. The largest absolute Gasteiger partial charge is 0.449 e. The van der Waals surface area contributed by atoms with E-state index >= 15 is 0 Å². The Balaban J connectivity index is 1.34. The average molecular weight is 415 g/mol. The van der Waals surface area contributed by atoms with Crippen LogP contribution in [0.4, 0.5) is 11.4 Å². The lowest BCUT2D eigenvalue weighted by Crippen LogP contribution is -2.51. The minimum absolute atomic E-state index is 0.0620. The maximum absolute atomic E-state index is 13.7. The molecule has 3 aromatic rings. The molecule has 158 valence electrons. The van der Waals surface area contributed by atoms with Crippen LogP contribution in [0.15, 0.2) is 59.0 Å². The molecule has 4 aliphatic carbocycles. The van der Waals surface area contributed by atoms with Gasteiger partial charge in [-0.25, -0.2) is 0 Å². The predicted octanol–water partition coefficient (Wildman–Crippen LogP) is 5.84. The molecule has 0 saturated heterocycles. The zero-order chi connectivity index (χ0) is 21.0. The van der Waals surface area contributed by atoms with Crippen molar-refractivity contribution < 1.29 is 14.0 Å². The zero-order valence-corrected chi connectivity index (χ0v) is 17.4. The summed E-state index contributed by atoms with van der Waals surface area (Å²) >= 11 is 0. The number of furan rings is 1. The lowest BCUT2D eigenvalue weighted by Gasteiger charge is -2.55. The third kappa shape index (κ3) is 3.14. The maximum Gasteiger partial charge on any atom is 0.293 e. The minimum Gasteiger partial charge on any atom is -0.449 e. The van der Waals surface area contributed by atoms with E-state index in [-0.39, 0.29) is 23.0 Å². The Morgan fingerprint density at radius 3 is 2.10 bits per heavy atom. The van der Waals surface area contributed by atoms with Crippen molar-refractivity contribution in [3.05, 3.63) is 60.4 Å². The molecule has 0 unspecified atom stereocenters. The molecule has 4 bridgehead atoms. The summed E-state index contributed by atoms with van der Waals surface area (Å²) in [7, 11) is 0. The Morgan fingerprint density at radius 2 is 1.42 bits per heavy atom. The molecule has 5 nitrogen and oxygen atoms in total. The van der Waals surface area contributed by atoms with Gasteiger partial charge < -0.3 is 15.1 Å². The van der Waals surface area contributed by atoms with Crippen molar-refractivity contribution in [3.63, 3.8) is 0 Å². The second kappa shape index (κ2) is 6.98. The summed E-state index contributed by atoms with van der Waals surface area (Å²) in [5.41, 5.74) is 1.48. The molecule has 0 radical (unpaired) electrons. The van der Waals surface area contributed by atoms with Gasteiger partial charge in [0.2, 0.25) is 11.7 Å². The van der Waals surface area contributed by atoms with Crippen LogP contribution in [0, 0.1) is 23.2 Å². The highest BCUT2D eigenvalue weighted by atomic mass is 16.3. The molecule has 4 saturated carbocycles. The zero-order valence-electron chi connectivity index (χ0n) is 17.4. The number of fused-ring (bicyclic) bond motifs is 1. The third-order valence-electron chi connectivity index (χ3n) is 7.59. The van der Waals surface area contributed by atoms with E-state index in [4.69, 9.17) is 4.42 Å². The van der Waals surface area contributed by atoms with Crippen LogP contribution in [0.3, 0.4) is 0 Å². The topological polar surface area (TPSA) is 71.3 Å². The van der Waals surface area contributed by atoms with Crippen molar-refractivity contribution in [3.8, 4) is 0 Å². The van der Waals surface area contributed by atoms with Crippen molar-refractivity contribution in [2.24, 2.45) is 23.2 Å². The van der Waals surface area contributed by atoms with Crippen LogP contribution < -0.4 is 10.6 Å². The van der Waals surface area contributed by atoms with Gasteiger partial charge in [-0.1, -0.05) is 30.3 Å². The van der Waals surface area contributed by atoms with E-state index in [1.165, 1.54) is 19.3 Å². The number of amides is 2. The van der Waals surface area contributed by atoms with Crippen molar-refractivity contribution in [1.29, 1.82) is 0 Å². The standard InChI is InChI=1S/C26H26N2O3/c29-24(27-19-6-2-1-3-7-19)23-22(20-8-4-5-9-21(20)31-23)28-25(30)26-13-16-10-17(14-26)12-18(11-16)15-26/h1-9,16-18H,10-15H2,(H,27,29)(H,28,30). The second-order valence-corrected chi connectivity index (χ2v) is 9.77. The van der Waals surface area contributed by atoms with Crippen LogP contribution in [0.25, 0.3) is 11.0 Å². The van der Waals surface area contributed by atoms with Crippen molar-refractivity contribution >= 4 is 34.2 Å². The first-order valence-corrected chi connectivity index (χ1v) is 11.3. The Bertz CT molecular complexity index is 1130. The van der Waals surface area contributed by atoms with Crippen LogP contribution >= 0.6 is 0 Å². The molecule has 2 N–H and O–H groups in total. The molecule has 2 amide bonds. The van der Waals surface area contributed by atoms with Crippen LogP contribution in [-0.2, 0) is 4.79 Å². The van der Waals surface area contributed by atoms with Crippen LogP contribution in [-0.4, -0.2) is 11.8 Å². The van der Waals surface area contributed by atoms with Gasteiger partial charge in [-0.05, 0) is 80.5 Å². The number of rotatable bonds is 4. The second-order valence-electron chi connectivity index (χ2n) is 9.77. The van der Waals surface area contributed by atoms with Gasteiger partial charge in [-0.3, -0.25) is 9.59 Å². The summed E-state index contributed by atoms with van der Waals surface area (Å²) in [4.78, 5) is 26.7. The number of hydrogen-bond acceptors (Lipinski definition) is 3.